The second-order valence-corrected chi connectivity index (χ2v) is 8.49. The van der Waals surface area contributed by atoms with Crippen LogP contribution in [-0.2, 0) is 31.2 Å². The number of halogens is 4. The molecule has 2 aromatic rings. The van der Waals surface area contributed by atoms with Crippen LogP contribution in [0.4, 0.5) is 8.78 Å². The minimum absolute atomic E-state index is 0. The van der Waals surface area contributed by atoms with Crippen molar-refractivity contribution in [2.75, 3.05) is 19.8 Å². The smallest absolute Gasteiger partial charge is 0.179 e. The molecule has 0 radical (unpaired) electrons. The van der Waals surface area contributed by atoms with E-state index in [9.17, 15) is 8.78 Å². The Kier molecular flexibility index (Phi) is 6.97. The van der Waals surface area contributed by atoms with E-state index in [2.05, 4.69) is 21.2 Å². The van der Waals surface area contributed by atoms with Gasteiger partial charge < -0.3 is 19.2 Å². The zero-order valence-electron chi connectivity index (χ0n) is 15.5. The average molecular weight is 495 g/mol. The molecule has 1 N–H and O–H groups in total. The van der Waals surface area contributed by atoms with Crippen LogP contribution in [-0.4, -0.2) is 34.9 Å². The first-order chi connectivity index (χ1) is 13.0. The number of fused-ring (bicyclic) bond motifs is 1. The van der Waals surface area contributed by atoms with Gasteiger partial charge in [0.05, 0.1) is 11.1 Å². The average Bonchev–Trinajstić information content (AvgIpc) is 3.35. The fourth-order valence-corrected chi connectivity index (χ4v) is 4.85. The van der Waals surface area contributed by atoms with Crippen molar-refractivity contribution in [2.45, 2.75) is 37.8 Å². The van der Waals surface area contributed by atoms with Crippen molar-refractivity contribution in [2.24, 2.45) is 7.05 Å². The predicted molar refractivity (Wildman–Crippen MR) is 113 cm³/mol. The van der Waals surface area contributed by atoms with Crippen molar-refractivity contribution in [1.29, 1.82) is 0 Å². The first-order valence-corrected chi connectivity index (χ1v) is 10.4. The van der Waals surface area contributed by atoms with Crippen LogP contribution >= 0.6 is 40.6 Å². The van der Waals surface area contributed by atoms with E-state index >= 15 is 0 Å². The molecule has 1 aromatic carbocycles. The van der Waals surface area contributed by atoms with Gasteiger partial charge in [-0.3, -0.25) is 0 Å². The van der Waals surface area contributed by atoms with Crippen LogP contribution in [0.1, 0.15) is 29.3 Å². The summed E-state index contributed by atoms with van der Waals surface area (Å²) < 4.78 is 39.4. The largest absolute Gasteiger partial charge is 0.380 e. The van der Waals surface area contributed by atoms with Crippen LogP contribution in [0.25, 0.3) is 0 Å². The number of hydrogen-bond donors (Lipinski definition) is 1. The number of hydrogen-bond acceptors (Lipinski definition) is 3. The fraction of sp³-hybridized carbons (Fsp3) is 0.526. The highest BCUT2D eigenvalue weighted by molar-refractivity contribution is 9.10. The summed E-state index contributed by atoms with van der Waals surface area (Å²) in [5, 5.41) is 3.52. The second kappa shape index (κ2) is 8.92. The van der Waals surface area contributed by atoms with Crippen molar-refractivity contribution in [3.05, 3.63) is 50.0 Å². The minimum atomic E-state index is -0.509. The van der Waals surface area contributed by atoms with Gasteiger partial charge in [0.2, 0.25) is 0 Å². The quantitative estimate of drug-likeness (QED) is 0.497. The molecule has 9 heteroatoms. The molecule has 0 saturated carbocycles. The molecule has 1 fully saturated rings. The SMILES string of the molecule is Cl.Cn1c(CCNC2CCOC2)c2n(c1=S)CC(c1c(F)ccc(Br)c1F)C2. The first-order valence-electron chi connectivity index (χ1n) is 9.19. The lowest BCUT2D eigenvalue weighted by molar-refractivity contribution is 0.190. The lowest BCUT2D eigenvalue weighted by Gasteiger charge is -2.14. The fourth-order valence-electron chi connectivity index (χ4n) is 4.21. The number of ether oxygens (including phenoxy) is 1. The number of benzene rings is 1. The topological polar surface area (TPSA) is 31.1 Å². The van der Waals surface area contributed by atoms with E-state index in [1.807, 2.05) is 16.2 Å². The lowest BCUT2D eigenvalue weighted by Crippen LogP contribution is -2.31. The van der Waals surface area contributed by atoms with Gasteiger partial charge in [0, 0.05) is 62.1 Å². The molecular weight excluding hydrogens is 472 g/mol. The van der Waals surface area contributed by atoms with Gasteiger partial charge >= 0.3 is 0 Å². The molecule has 2 unspecified atom stereocenters. The molecule has 0 amide bonds. The highest BCUT2D eigenvalue weighted by atomic mass is 79.9. The van der Waals surface area contributed by atoms with Gasteiger partial charge in [-0.05, 0) is 53.1 Å². The van der Waals surface area contributed by atoms with Gasteiger partial charge in [-0.15, -0.1) is 12.4 Å². The Balaban J connectivity index is 0.00000225. The van der Waals surface area contributed by atoms with Crippen molar-refractivity contribution < 1.29 is 13.5 Å². The Bertz CT molecular complexity index is 927. The number of nitrogens with one attached hydrogen (secondary N) is 1. The third kappa shape index (κ3) is 3.94. The van der Waals surface area contributed by atoms with Crippen LogP contribution in [0.3, 0.4) is 0 Å². The lowest BCUT2D eigenvalue weighted by atomic mass is 9.95. The third-order valence-corrected chi connectivity index (χ3v) is 6.74. The highest BCUT2D eigenvalue weighted by Gasteiger charge is 2.32. The summed E-state index contributed by atoms with van der Waals surface area (Å²) in [5.74, 6) is -1.24. The van der Waals surface area contributed by atoms with Crippen LogP contribution in [0.2, 0.25) is 0 Å². The Hall–Kier alpha value is -0.800. The summed E-state index contributed by atoms with van der Waals surface area (Å²) >= 11 is 8.75. The molecule has 0 aliphatic carbocycles. The first kappa shape index (κ1) is 21.9. The van der Waals surface area contributed by atoms with Crippen LogP contribution in [0, 0.1) is 16.4 Å². The second-order valence-electron chi connectivity index (χ2n) is 7.27. The van der Waals surface area contributed by atoms with Crippen LogP contribution in [0.5, 0.6) is 0 Å². The van der Waals surface area contributed by atoms with Crippen molar-refractivity contribution in [3.8, 4) is 0 Å². The van der Waals surface area contributed by atoms with Crippen molar-refractivity contribution in [3.63, 3.8) is 0 Å². The maximum Gasteiger partial charge on any atom is 0.179 e. The molecule has 0 bridgehead atoms. The number of rotatable bonds is 5. The van der Waals surface area contributed by atoms with E-state index in [0.717, 1.165) is 44.0 Å². The summed E-state index contributed by atoms with van der Waals surface area (Å²) in [6, 6.07) is 3.14. The molecule has 2 aliphatic heterocycles. The number of imidazole rings is 1. The van der Waals surface area contributed by atoms with Crippen LogP contribution < -0.4 is 5.32 Å². The molecular formula is C19H23BrClF2N3OS. The summed E-state index contributed by atoms with van der Waals surface area (Å²) in [5.41, 5.74) is 2.39. The summed E-state index contributed by atoms with van der Waals surface area (Å²) in [4.78, 5) is 0. The van der Waals surface area contributed by atoms with Gasteiger partial charge in [-0.25, -0.2) is 8.78 Å². The summed E-state index contributed by atoms with van der Waals surface area (Å²) in [7, 11) is 1.97. The standard InChI is InChI=1S/C19H22BrF2N3OS.ClH/c1-24-15(4-6-23-12-5-7-26-10-12)16-8-11(9-25(16)19(24)27)17-14(21)3-2-13(20)18(17)22;/h2-3,11-12,23H,4-10H2,1H3;1H. The Morgan fingerprint density at radius 1 is 1.36 bits per heavy atom. The summed E-state index contributed by atoms with van der Waals surface area (Å²) in [6.45, 7) is 2.92. The van der Waals surface area contributed by atoms with E-state index < -0.39 is 11.6 Å². The highest BCUT2D eigenvalue weighted by Crippen LogP contribution is 2.37. The van der Waals surface area contributed by atoms with Gasteiger partial charge in [0.25, 0.3) is 0 Å². The van der Waals surface area contributed by atoms with Crippen LogP contribution in [0.15, 0.2) is 16.6 Å². The molecule has 1 saturated heterocycles. The Morgan fingerprint density at radius 2 is 2.14 bits per heavy atom. The third-order valence-electron chi connectivity index (χ3n) is 5.64. The number of aromatic nitrogens is 2. The molecule has 2 atom stereocenters. The normalized spacial score (nSPS) is 21.0. The molecule has 28 heavy (non-hydrogen) atoms. The van der Waals surface area contributed by atoms with E-state index in [0.29, 0.717) is 28.3 Å². The Morgan fingerprint density at radius 3 is 2.86 bits per heavy atom. The van der Waals surface area contributed by atoms with E-state index in [-0.39, 0.29) is 23.9 Å². The zero-order chi connectivity index (χ0) is 19.1. The maximum absolute atomic E-state index is 14.6. The molecule has 154 valence electrons. The molecule has 3 heterocycles. The predicted octanol–water partition coefficient (Wildman–Crippen LogP) is 4.28. The van der Waals surface area contributed by atoms with Gasteiger partial charge in [-0.2, -0.15) is 0 Å². The van der Waals surface area contributed by atoms with E-state index in [4.69, 9.17) is 17.0 Å². The van der Waals surface area contributed by atoms with Gasteiger partial charge in [0.15, 0.2) is 4.77 Å². The Labute approximate surface area is 182 Å². The summed E-state index contributed by atoms with van der Waals surface area (Å²) in [6.07, 6.45) is 2.46. The zero-order valence-corrected chi connectivity index (χ0v) is 18.7. The molecule has 2 aliphatic rings. The molecule has 1 aromatic heterocycles. The number of nitrogens with zero attached hydrogens (tertiary/aromatic N) is 2. The van der Waals surface area contributed by atoms with Crippen molar-refractivity contribution >= 4 is 40.6 Å². The van der Waals surface area contributed by atoms with Gasteiger partial charge in [0.1, 0.15) is 11.6 Å². The monoisotopic (exact) mass is 493 g/mol. The maximum atomic E-state index is 14.6. The van der Waals surface area contributed by atoms with E-state index in [1.54, 1.807) is 0 Å². The van der Waals surface area contributed by atoms with Gasteiger partial charge in [-0.1, -0.05) is 0 Å². The molecule has 4 rings (SSSR count). The molecule has 0 spiro atoms. The van der Waals surface area contributed by atoms with E-state index in [1.165, 1.54) is 12.1 Å². The minimum Gasteiger partial charge on any atom is -0.380 e. The molecule has 4 nitrogen and oxygen atoms in total. The van der Waals surface area contributed by atoms with Crippen molar-refractivity contribution in [1.82, 2.24) is 14.5 Å².